The van der Waals surface area contributed by atoms with Crippen LogP contribution >= 0.6 is 0 Å². The molecule has 6 aromatic carbocycles. The molecule has 0 saturated carbocycles. The Morgan fingerprint density at radius 3 is 2.10 bits per heavy atom. The maximum Gasteiger partial charge on any atom is 3.00 e. The molecule has 7 aromatic rings. The second-order valence-electron chi connectivity index (χ2n) is 20.1. The zero-order valence-electron chi connectivity index (χ0n) is 40.1. The van der Waals surface area contributed by atoms with Crippen LogP contribution in [0.5, 0.6) is 0 Å². The first-order valence-corrected chi connectivity index (χ1v) is 25.1. The van der Waals surface area contributed by atoms with Crippen molar-refractivity contribution in [1.29, 1.82) is 0 Å². The van der Waals surface area contributed by atoms with Gasteiger partial charge in [-0.1, -0.05) is 172 Å². The molecule has 0 bridgehead atoms. The van der Waals surface area contributed by atoms with Gasteiger partial charge in [-0.3, -0.25) is 0 Å². The van der Waals surface area contributed by atoms with E-state index in [0.29, 0.717) is 0 Å². The first kappa shape index (κ1) is 42.2. The van der Waals surface area contributed by atoms with Gasteiger partial charge in [0.15, 0.2) is 0 Å². The van der Waals surface area contributed by atoms with E-state index in [1.54, 1.807) is 0 Å². The third-order valence-corrected chi connectivity index (χ3v) is 13.9. The number of fused-ring (bicyclic) bond motifs is 4. The average molecular weight is 1010 g/mol. The third-order valence-electron chi connectivity index (χ3n) is 11.9. The molecule has 1 aliphatic carbocycles. The summed E-state index contributed by atoms with van der Waals surface area (Å²) < 4.78 is 17.8. The predicted octanol–water partition coefficient (Wildman–Crippen LogP) is 15.3. The summed E-state index contributed by atoms with van der Waals surface area (Å²) in [4.78, 5) is 7.07. The molecule has 1 atom stereocenters. The fourth-order valence-corrected chi connectivity index (χ4v) is 10.0. The van der Waals surface area contributed by atoms with E-state index < -0.39 is 19.9 Å². The van der Waals surface area contributed by atoms with Crippen molar-refractivity contribution in [2.24, 2.45) is 5.41 Å². The van der Waals surface area contributed by atoms with E-state index in [1.807, 2.05) is 39.1 Å². The minimum atomic E-state index is -1.74. The van der Waals surface area contributed by atoms with Crippen LogP contribution < -0.4 is 10.1 Å². The van der Waals surface area contributed by atoms with Crippen LogP contribution in [0.2, 0.25) is 19.6 Å². The van der Waals surface area contributed by atoms with Crippen LogP contribution in [-0.2, 0) is 37.3 Å². The summed E-state index contributed by atoms with van der Waals surface area (Å²) in [6.45, 7) is 23.8. The molecule has 316 valence electrons. The number of benzene rings is 6. The number of para-hydroxylation sites is 2. The second kappa shape index (κ2) is 17.2. The van der Waals surface area contributed by atoms with E-state index in [1.165, 1.54) is 38.9 Å². The van der Waals surface area contributed by atoms with Gasteiger partial charge in [0.25, 0.3) is 0 Å². The van der Waals surface area contributed by atoms with E-state index in [0.717, 1.165) is 44.6 Å². The summed E-state index contributed by atoms with van der Waals surface area (Å²) >= 11 is 0. The van der Waals surface area contributed by atoms with Crippen LogP contribution in [0.15, 0.2) is 146 Å². The van der Waals surface area contributed by atoms with E-state index in [-0.39, 0.29) is 37.1 Å². The summed E-state index contributed by atoms with van der Waals surface area (Å²) in [7, 11) is -1.74. The topological polar surface area (TPSA) is 30.2 Å². The van der Waals surface area contributed by atoms with Crippen LogP contribution in [0.4, 0.5) is 17.1 Å². The van der Waals surface area contributed by atoms with E-state index in [2.05, 4.69) is 199 Å². The van der Waals surface area contributed by atoms with Crippen molar-refractivity contribution in [3.8, 4) is 33.5 Å². The molecule has 0 saturated heterocycles. The number of anilines is 2. The van der Waals surface area contributed by atoms with Gasteiger partial charge >= 0.3 is 20.1 Å². The minimum absolute atomic E-state index is 0. The Bertz CT molecular complexity index is 2780. The molecule has 0 radical (unpaired) electrons. The molecule has 9 rings (SSSR count). The third kappa shape index (κ3) is 9.18. The molecule has 2 aliphatic rings. The van der Waals surface area contributed by atoms with Crippen molar-refractivity contribution < 1.29 is 22.8 Å². The molecule has 5 heteroatoms. The van der Waals surface area contributed by atoms with E-state index in [4.69, 9.17) is 13.0 Å². The standard InChI is InChI=1S/C34H26N2.C23H34NSi.Ir/c1-34(2)29-13-7-6-12-27(29)28-22-25(18-21-30(28)34)33-35-31-14-8-9-15-32(31)36(33)26-19-16-24(17-20-26)23-10-4-3-5-11-23;1-22(2,3)15-18-14-20(24-16-21(18)25(7,8)9)17-11-10-12-19(13-17)23(4,5)6;/h3-17,19-22,33H,1-2H3;10,12-14,16H,15H2,1-9H3;/q-2;-1;+3/i;15D2;. The van der Waals surface area contributed by atoms with E-state index in [9.17, 15) is 0 Å². The van der Waals surface area contributed by atoms with E-state index >= 15 is 0 Å². The molecule has 0 fully saturated rings. The summed E-state index contributed by atoms with van der Waals surface area (Å²) in [5.74, 6) is 0. The molecule has 1 aliphatic heterocycles. The molecule has 2 heterocycles. The van der Waals surface area contributed by atoms with Gasteiger partial charge in [0.05, 0.1) is 8.07 Å². The smallest absolute Gasteiger partial charge is 0.661 e. The van der Waals surface area contributed by atoms with Crippen molar-refractivity contribution in [2.45, 2.75) is 98.4 Å². The number of hydrogen-bond acceptors (Lipinski definition) is 2. The minimum Gasteiger partial charge on any atom is -0.661 e. The average Bonchev–Trinajstić information content (AvgIpc) is 3.75. The summed E-state index contributed by atoms with van der Waals surface area (Å²) in [6.07, 6.45) is 0.311. The molecule has 1 aromatic heterocycles. The Labute approximate surface area is 389 Å². The Morgan fingerprint density at radius 1 is 0.742 bits per heavy atom. The number of aromatic nitrogens is 1. The van der Waals surface area contributed by atoms with Gasteiger partial charge in [-0.25, -0.2) is 0 Å². The number of hydrogen-bond donors (Lipinski definition) is 0. The SMILES string of the molecule is CC1(C)c2c[c-]c(C3[N-]c4ccccc4N3c3ccc(-c4ccccc4)cc3)cc2-c2ccccc21.[2H]C([2H])(c1cc(-c2[c-]ccc(C(C)(C)C)c2)ncc1[Si](C)(C)C)C(C)(C)C.[Ir+3]. The fraction of sp³-hybridized carbons (Fsp3) is 0.281. The summed E-state index contributed by atoms with van der Waals surface area (Å²) in [6, 6.07) is 56.1. The summed E-state index contributed by atoms with van der Waals surface area (Å²) in [5.41, 5.74) is 15.4. The van der Waals surface area contributed by atoms with Gasteiger partial charge in [0, 0.05) is 20.3 Å². The second-order valence-corrected chi connectivity index (χ2v) is 25.2. The van der Waals surface area contributed by atoms with Gasteiger partial charge < -0.3 is 15.2 Å². The summed E-state index contributed by atoms with van der Waals surface area (Å²) in [5, 5.41) is 6.27. The fourth-order valence-electron chi connectivity index (χ4n) is 8.63. The number of pyridine rings is 1. The van der Waals surface area contributed by atoms with Crippen LogP contribution in [0.3, 0.4) is 0 Å². The van der Waals surface area contributed by atoms with Gasteiger partial charge in [0.2, 0.25) is 0 Å². The molecular weight excluding hydrogens is 947 g/mol. The zero-order chi connectivity index (χ0) is 45.1. The molecule has 0 amide bonds. The Hall–Kier alpha value is -5.06. The maximum atomic E-state index is 8.89. The zero-order valence-corrected chi connectivity index (χ0v) is 41.5. The van der Waals surface area contributed by atoms with Crippen molar-refractivity contribution in [3.63, 3.8) is 0 Å². The first-order valence-electron chi connectivity index (χ1n) is 22.6. The molecule has 62 heavy (non-hydrogen) atoms. The molecule has 0 N–H and O–H groups in total. The van der Waals surface area contributed by atoms with Gasteiger partial charge in [-0.05, 0) is 80.1 Å². The van der Waals surface area contributed by atoms with Crippen molar-refractivity contribution in [2.75, 3.05) is 4.90 Å². The van der Waals surface area contributed by atoms with Crippen molar-refractivity contribution >= 4 is 30.3 Å². The molecular formula is C57H60IrN3Si. The van der Waals surface area contributed by atoms with Crippen LogP contribution in [0, 0.1) is 17.5 Å². The molecule has 1 unspecified atom stereocenters. The number of nitrogens with zero attached hydrogens (tertiary/aromatic N) is 3. The van der Waals surface area contributed by atoms with Crippen molar-refractivity contribution in [1.82, 2.24) is 4.98 Å². The maximum absolute atomic E-state index is 8.89. The quantitative estimate of drug-likeness (QED) is 0.123. The van der Waals surface area contributed by atoms with Crippen LogP contribution in [0.25, 0.3) is 38.8 Å². The van der Waals surface area contributed by atoms with Gasteiger partial charge in [-0.2, -0.15) is 23.8 Å². The first-order chi connectivity index (χ1) is 29.7. The normalized spacial score (nSPS) is 15.7. The Morgan fingerprint density at radius 2 is 1.40 bits per heavy atom. The van der Waals surface area contributed by atoms with Gasteiger partial charge in [-0.15, -0.1) is 52.2 Å². The monoisotopic (exact) mass is 1010 g/mol. The van der Waals surface area contributed by atoms with Crippen molar-refractivity contribution in [3.05, 3.63) is 191 Å². The predicted molar refractivity (Wildman–Crippen MR) is 262 cm³/mol. The largest absolute Gasteiger partial charge is 3.00 e. The van der Waals surface area contributed by atoms with Gasteiger partial charge in [0.1, 0.15) is 0 Å². The molecule has 3 nitrogen and oxygen atoms in total. The Kier molecular flexibility index (Phi) is 11.8. The Balaban J connectivity index is 0.000000197. The number of rotatable bonds is 6. The molecule has 0 spiro atoms. The van der Waals surface area contributed by atoms with Crippen LogP contribution in [0.1, 0.15) is 92.1 Å². The van der Waals surface area contributed by atoms with Crippen LogP contribution in [-0.4, -0.2) is 13.1 Å².